The average molecular weight is 409 g/mol. The van der Waals surface area contributed by atoms with Crippen LogP contribution in [0.25, 0.3) is 5.13 Å². The van der Waals surface area contributed by atoms with Crippen molar-refractivity contribution < 1.29 is 9.59 Å². The topological polar surface area (TPSA) is 96.3 Å². The molecule has 148 valence electrons. The lowest BCUT2D eigenvalue weighted by molar-refractivity contribution is 0.0954. The monoisotopic (exact) mass is 409 g/mol. The summed E-state index contributed by atoms with van der Waals surface area (Å²) in [6.07, 6.45) is 1.58. The number of thiazole rings is 1. The minimum Gasteiger partial charge on any atom is -0.347 e. The Balaban J connectivity index is 1.53. The fraction of sp³-hybridized carbons (Fsp3) is 0.200. The van der Waals surface area contributed by atoms with Crippen molar-refractivity contribution in [2.24, 2.45) is 0 Å². The van der Waals surface area contributed by atoms with Crippen LogP contribution in [0.1, 0.15) is 20.9 Å². The highest BCUT2D eigenvalue weighted by atomic mass is 32.1. The minimum atomic E-state index is -0.313. The van der Waals surface area contributed by atoms with Crippen LogP contribution in [0.2, 0.25) is 0 Å². The van der Waals surface area contributed by atoms with Gasteiger partial charge in [-0.3, -0.25) is 19.1 Å². The predicted molar refractivity (Wildman–Crippen MR) is 111 cm³/mol. The van der Waals surface area contributed by atoms with E-state index < -0.39 is 0 Å². The Morgan fingerprint density at radius 1 is 1.24 bits per heavy atom. The molecule has 3 heterocycles. The molecular formula is C20H19N5O3S. The molecular weight excluding hydrogens is 390 g/mol. The van der Waals surface area contributed by atoms with Gasteiger partial charge in [-0.1, -0.05) is 41.7 Å². The molecule has 8 nitrogen and oxygen atoms in total. The van der Waals surface area contributed by atoms with Crippen LogP contribution in [0.15, 0.2) is 53.5 Å². The zero-order valence-corrected chi connectivity index (χ0v) is 16.5. The number of aryl methyl sites for hydroxylation is 1. The van der Waals surface area contributed by atoms with Gasteiger partial charge in [0, 0.05) is 31.9 Å². The Hall–Kier alpha value is -3.46. The van der Waals surface area contributed by atoms with Crippen molar-refractivity contribution in [1.82, 2.24) is 20.2 Å². The molecule has 1 fully saturated rings. The third-order valence-electron chi connectivity index (χ3n) is 4.57. The number of carbonyl (C=O) groups is 2. The molecule has 1 aromatic carbocycles. The molecule has 3 amide bonds. The number of benzene rings is 1. The van der Waals surface area contributed by atoms with Gasteiger partial charge < -0.3 is 10.6 Å². The van der Waals surface area contributed by atoms with E-state index in [4.69, 9.17) is 0 Å². The summed E-state index contributed by atoms with van der Waals surface area (Å²) in [6, 6.07) is 12.5. The van der Waals surface area contributed by atoms with E-state index in [-0.39, 0.29) is 17.5 Å². The summed E-state index contributed by atoms with van der Waals surface area (Å²) in [5.74, 6) is -0.228. The predicted octanol–water partition coefficient (Wildman–Crippen LogP) is 2.06. The van der Waals surface area contributed by atoms with E-state index in [1.54, 1.807) is 19.2 Å². The Labute approximate surface area is 170 Å². The second kappa shape index (κ2) is 7.88. The number of pyridine rings is 1. The Morgan fingerprint density at radius 3 is 2.72 bits per heavy atom. The van der Waals surface area contributed by atoms with Crippen LogP contribution in [0.3, 0.4) is 0 Å². The molecule has 2 aromatic heterocycles. The number of carbonyl (C=O) groups excluding carboxylic acids is 2. The first-order valence-electron chi connectivity index (χ1n) is 9.11. The van der Waals surface area contributed by atoms with Crippen molar-refractivity contribution in [2.45, 2.75) is 13.5 Å². The smallest absolute Gasteiger partial charge is 0.322 e. The molecule has 0 radical (unpaired) electrons. The van der Waals surface area contributed by atoms with Crippen LogP contribution < -0.4 is 21.1 Å². The molecule has 0 aliphatic carbocycles. The van der Waals surface area contributed by atoms with E-state index in [0.29, 0.717) is 41.0 Å². The molecule has 0 atom stereocenters. The van der Waals surface area contributed by atoms with Gasteiger partial charge in [0.15, 0.2) is 5.13 Å². The lowest BCUT2D eigenvalue weighted by Crippen LogP contribution is -2.29. The van der Waals surface area contributed by atoms with Gasteiger partial charge in [0.25, 0.3) is 11.5 Å². The molecule has 4 rings (SSSR count). The fourth-order valence-corrected chi connectivity index (χ4v) is 4.04. The van der Waals surface area contributed by atoms with Gasteiger partial charge >= 0.3 is 6.03 Å². The van der Waals surface area contributed by atoms with Crippen molar-refractivity contribution in [3.63, 3.8) is 0 Å². The van der Waals surface area contributed by atoms with Crippen molar-refractivity contribution >= 4 is 29.0 Å². The number of hydrogen-bond donors (Lipinski definition) is 2. The molecule has 2 N–H and O–H groups in total. The van der Waals surface area contributed by atoms with E-state index in [9.17, 15) is 14.4 Å². The highest BCUT2D eigenvalue weighted by Crippen LogP contribution is 2.22. The highest BCUT2D eigenvalue weighted by molar-refractivity contribution is 7.16. The number of urea groups is 1. The number of anilines is 1. The summed E-state index contributed by atoms with van der Waals surface area (Å²) in [5.41, 5.74) is 1.79. The lowest BCUT2D eigenvalue weighted by Gasteiger charge is -2.14. The minimum absolute atomic E-state index is 0.218. The number of aromatic nitrogens is 2. The lowest BCUT2D eigenvalue weighted by atomic mass is 10.2. The van der Waals surface area contributed by atoms with E-state index in [2.05, 4.69) is 15.6 Å². The first-order valence-corrected chi connectivity index (χ1v) is 9.92. The maximum Gasteiger partial charge on any atom is 0.322 e. The van der Waals surface area contributed by atoms with Crippen LogP contribution in [0.5, 0.6) is 0 Å². The second-order valence-electron chi connectivity index (χ2n) is 6.56. The number of amides is 3. The maximum absolute atomic E-state index is 12.6. The number of nitrogens with one attached hydrogen (secondary N) is 2. The summed E-state index contributed by atoms with van der Waals surface area (Å²) in [4.78, 5) is 43.3. The Bertz CT molecular complexity index is 1120. The highest BCUT2D eigenvalue weighted by Gasteiger charge is 2.22. The summed E-state index contributed by atoms with van der Waals surface area (Å²) in [5, 5.41) is 6.00. The van der Waals surface area contributed by atoms with Crippen LogP contribution in [-0.2, 0) is 6.54 Å². The van der Waals surface area contributed by atoms with Crippen molar-refractivity contribution in [3.05, 3.63) is 75.1 Å². The van der Waals surface area contributed by atoms with Gasteiger partial charge in [-0.25, -0.2) is 9.78 Å². The van der Waals surface area contributed by atoms with Gasteiger partial charge in [-0.15, -0.1) is 0 Å². The molecule has 0 bridgehead atoms. The van der Waals surface area contributed by atoms with Crippen molar-refractivity contribution in [1.29, 1.82) is 0 Å². The first kappa shape index (κ1) is 18.9. The molecule has 1 saturated heterocycles. The van der Waals surface area contributed by atoms with Gasteiger partial charge in [0.1, 0.15) is 4.88 Å². The number of hydrogen-bond acceptors (Lipinski definition) is 5. The Kier molecular flexibility index (Phi) is 5.13. The van der Waals surface area contributed by atoms with Gasteiger partial charge in [0.05, 0.1) is 11.4 Å². The first-order chi connectivity index (χ1) is 14.0. The van der Waals surface area contributed by atoms with Crippen LogP contribution >= 0.6 is 11.3 Å². The van der Waals surface area contributed by atoms with E-state index in [1.807, 2.05) is 30.3 Å². The van der Waals surface area contributed by atoms with E-state index in [0.717, 1.165) is 16.9 Å². The third kappa shape index (κ3) is 3.90. The van der Waals surface area contributed by atoms with Crippen LogP contribution in [0.4, 0.5) is 10.5 Å². The van der Waals surface area contributed by atoms with Crippen LogP contribution in [0, 0.1) is 6.92 Å². The average Bonchev–Trinajstić information content (AvgIpc) is 3.32. The molecule has 1 aliphatic rings. The van der Waals surface area contributed by atoms with Crippen molar-refractivity contribution in [3.8, 4) is 5.13 Å². The van der Waals surface area contributed by atoms with E-state index >= 15 is 0 Å². The molecule has 29 heavy (non-hydrogen) atoms. The molecule has 1 aliphatic heterocycles. The summed E-state index contributed by atoms with van der Waals surface area (Å²) >= 11 is 1.16. The molecule has 0 unspecified atom stereocenters. The van der Waals surface area contributed by atoms with Gasteiger partial charge in [-0.2, -0.15) is 0 Å². The molecule has 9 heteroatoms. The molecule has 0 saturated carbocycles. The number of rotatable bonds is 5. The van der Waals surface area contributed by atoms with Gasteiger partial charge in [0.2, 0.25) is 0 Å². The molecule has 3 aromatic rings. The zero-order chi connectivity index (χ0) is 20.4. The summed E-state index contributed by atoms with van der Waals surface area (Å²) in [6.45, 7) is 3.23. The van der Waals surface area contributed by atoms with E-state index in [1.165, 1.54) is 15.5 Å². The third-order valence-corrected chi connectivity index (χ3v) is 5.72. The summed E-state index contributed by atoms with van der Waals surface area (Å²) in [7, 11) is 0. The zero-order valence-electron chi connectivity index (χ0n) is 15.7. The van der Waals surface area contributed by atoms with Crippen molar-refractivity contribution in [2.75, 3.05) is 18.0 Å². The largest absolute Gasteiger partial charge is 0.347 e. The standard InChI is InChI=1S/C20H19N5O3S/c1-13-17(18(27)22-12-14-5-3-2-4-6-14)29-20(23-13)25-9-7-15(11-16(25)26)24-10-8-21-19(24)28/h2-7,9,11H,8,10,12H2,1H3,(H,21,28)(H,22,27). The summed E-state index contributed by atoms with van der Waals surface area (Å²) < 4.78 is 1.38. The fourth-order valence-electron chi connectivity index (χ4n) is 3.07. The number of nitrogens with zero attached hydrogens (tertiary/aromatic N) is 3. The molecule has 0 spiro atoms. The SMILES string of the molecule is Cc1nc(-n2ccc(N3CCNC3=O)cc2=O)sc1C(=O)NCc1ccccc1. The van der Waals surface area contributed by atoms with Gasteiger partial charge in [-0.05, 0) is 18.6 Å². The van der Waals surface area contributed by atoms with Crippen LogP contribution in [-0.4, -0.2) is 34.6 Å². The second-order valence-corrected chi connectivity index (χ2v) is 7.53. The Morgan fingerprint density at radius 2 is 2.03 bits per heavy atom. The normalized spacial score (nSPS) is 13.4. The quantitative estimate of drug-likeness (QED) is 0.674. The maximum atomic E-state index is 12.6.